The molecule has 0 aromatic carbocycles. The number of anilines is 2. The Morgan fingerprint density at radius 3 is 2.50 bits per heavy atom. The molecule has 2 saturated heterocycles. The van der Waals surface area contributed by atoms with E-state index in [0.29, 0.717) is 11.4 Å². The van der Waals surface area contributed by atoms with Gasteiger partial charge in [0.2, 0.25) is 5.95 Å². The van der Waals surface area contributed by atoms with Crippen molar-refractivity contribution >= 4 is 71.3 Å². The molecule has 2 aliphatic rings. The summed E-state index contributed by atoms with van der Waals surface area (Å²) in [5.74, 6) is -0.0687. The Balaban J connectivity index is 1.18. The maximum Gasteiger partial charge on any atom is 0.389 e. The van der Waals surface area contributed by atoms with E-state index in [-0.39, 0.29) is 47.1 Å². The first kappa shape index (κ1) is 33.2. The fourth-order valence-corrected chi connectivity index (χ4v) is 7.86. The van der Waals surface area contributed by atoms with E-state index in [1.807, 2.05) is 0 Å². The van der Waals surface area contributed by atoms with Gasteiger partial charge in [-0.3, -0.25) is 32.5 Å². The highest BCUT2D eigenvalue weighted by atomic mass is 32.7. The number of aliphatic hydroxyl groups is 2. The van der Waals surface area contributed by atoms with E-state index < -0.39 is 68.7 Å². The summed E-state index contributed by atoms with van der Waals surface area (Å²) in [7, 11) is 0. The molecule has 46 heavy (non-hydrogen) atoms. The van der Waals surface area contributed by atoms with Crippen LogP contribution in [-0.4, -0.2) is 104 Å². The van der Waals surface area contributed by atoms with Crippen LogP contribution in [0.15, 0.2) is 23.8 Å². The van der Waals surface area contributed by atoms with Crippen molar-refractivity contribution in [2.75, 3.05) is 30.9 Å². The zero-order chi connectivity index (χ0) is 33.0. The zero-order valence-electron chi connectivity index (χ0n) is 23.5. The average molecular weight is 723 g/mol. The number of aromatic nitrogens is 8. The Morgan fingerprint density at radius 1 is 1.07 bits per heavy atom. The first-order valence-electron chi connectivity index (χ1n) is 13.3. The number of ether oxygens (including phenoxy) is 2. The molecular formula is C21H28N10O11P2S2. The lowest BCUT2D eigenvalue weighted by molar-refractivity contribution is -0.0502. The van der Waals surface area contributed by atoms with Gasteiger partial charge in [0, 0.05) is 6.42 Å². The number of nitrogen functional groups attached to an aromatic ring is 2. The standard InChI is InChI=1S/C21H28N10O11P2S2/c1-46-44(37,39-3-8-2-9(32)19(40-8)31-7-27-12-17(31)28-21(23)29-18(12)34)42-14-10(4-38-43(35,36)45)41-20(13(14)33)30-6-26-11-15(22)24-5-25-16(11)30/h5-10,13-14,19-20,32-33H,2-4H2,1H3,(H2,22,24,25)(H2,35,36,45)(H3,23,28,29,34)/t8-,9+,10+,13+,14+,19+,20+,44?/m0/s1. The molecule has 0 radical (unpaired) electrons. The van der Waals surface area contributed by atoms with Crippen LogP contribution >= 0.6 is 37.2 Å². The Morgan fingerprint density at radius 2 is 1.78 bits per heavy atom. The van der Waals surface area contributed by atoms with Crippen LogP contribution in [0.4, 0.5) is 11.8 Å². The van der Waals surface area contributed by atoms with Crippen molar-refractivity contribution < 1.29 is 47.3 Å². The van der Waals surface area contributed by atoms with Crippen LogP contribution < -0.4 is 17.0 Å². The third-order valence-electron chi connectivity index (χ3n) is 7.16. The summed E-state index contributed by atoms with van der Waals surface area (Å²) < 4.78 is 56.6. The van der Waals surface area contributed by atoms with Crippen molar-refractivity contribution in [2.45, 2.75) is 49.4 Å². The zero-order valence-corrected chi connectivity index (χ0v) is 27.0. The number of hydrogen-bond acceptors (Lipinski definition) is 18. The fraction of sp³-hybridized carbons (Fsp3) is 0.524. The summed E-state index contributed by atoms with van der Waals surface area (Å²) in [6.45, 7) is -9.31. The molecule has 8 N–H and O–H groups in total. The maximum atomic E-state index is 13.8. The van der Waals surface area contributed by atoms with Crippen LogP contribution in [0.5, 0.6) is 0 Å². The van der Waals surface area contributed by atoms with Crippen molar-refractivity contribution in [1.29, 1.82) is 0 Å². The highest BCUT2D eigenvalue weighted by molar-refractivity contribution is 8.54. The van der Waals surface area contributed by atoms with E-state index in [4.69, 9.17) is 34.5 Å². The number of aliphatic hydroxyl groups excluding tert-OH is 2. The van der Waals surface area contributed by atoms with Gasteiger partial charge in [0.05, 0.1) is 32.0 Å². The summed E-state index contributed by atoms with van der Waals surface area (Å²) in [6.07, 6.45) is -3.11. The molecule has 25 heteroatoms. The number of thiol groups is 1. The Kier molecular flexibility index (Phi) is 9.21. The molecule has 9 atom stereocenters. The van der Waals surface area contributed by atoms with Gasteiger partial charge in [0.1, 0.15) is 36.3 Å². The number of H-pyrrole nitrogens is 1. The van der Waals surface area contributed by atoms with Gasteiger partial charge in [-0.15, -0.1) is 0 Å². The lowest BCUT2D eigenvalue weighted by Gasteiger charge is -2.26. The number of nitrogens with two attached hydrogens (primary N) is 2. The van der Waals surface area contributed by atoms with Crippen molar-refractivity contribution in [3.63, 3.8) is 0 Å². The molecule has 6 heterocycles. The molecule has 0 saturated carbocycles. The highest BCUT2D eigenvalue weighted by Crippen LogP contribution is 2.62. The number of aromatic amines is 1. The summed E-state index contributed by atoms with van der Waals surface area (Å²) >= 11 is 4.22. The first-order chi connectivity index (χ1) is 21.8. The number of rotatable bonds is 11. The molecule has 0 bridgehead atoms. The largest absolute Gasteiger partial charge is 0.389 e. The van der Waals surface area contributed by atoms with E-state index in [9.17, 15) is 29.0 Å². The number of nitrogens with zero attached hydrogens (tertiary/aromatic N) is 7. The van der Waals surface area contributed by atoms with Crippen molar-refractivity contribution in [3.05, 3.63) is 29.3 Å². The number of fused-ring (bicyclic) bond motifs is 2. The number of nitrogens with one attached hydrogen (secondary N) is 1. The molecule has 2 fully saturated rings. The van der Waals surface area contributed by atoms with E-state index >= 15 is 0 Å². The normalized spacial score (nSPS) is 29.4. The van der Waals surface area contributed by atoms with Crippen LogP contribution in [-0.2, 0) is 32.2 Å². The third kappa shape index (κ3) is 6.55. The van der Waals surface area contributed by atoms with Crippen molar-refractivity contribution in [2.24, 2.45) is 0 Å². The lowest BCUT2D eigenvalue weighted by atomic mass is 10.1. The van der Waals surface area contributed by atoms with E-state index in [1.165, 1.54) is 34.4 Å². The highest BCUT2D eigenvalue weighted by Gasteiger charge is 2.50. The van der Waals surface area contributed by atoms with Crippen molar-refractivity contribution in [1.82, 2.24) is 39.0 Å². The van der Waals surface area contributed by atoms with Gasteiger partial charge in [-0.2, -0.15) is 4.98 Å². The summed E-state index contributed by atoms with van der Waals surface area (Å²) in [6, 6.07) is 0. The van der Waals surface area contributed by atoms with Gasteiger partial charge >= 0.3 is 13.6 Å². The van der Waals surface area contributed by atoms with Crippen LogP contribution in [0.1, 0.15) is 18.9 Å². The van der Waals surface area contributed by atoms with Crippen LogP contribution in [0.25, 0.3) is 22.3 Å². The Hall–Kier alpha value is -2.66. The number of imidazole rings is 2. The first-order valence-corrected chi connectivity index (χ1v) is 19.4. The van der Waals surface area contributed by atoms with Crippen molar-refractivity contribution in [3.8, 4) is 0 Å². The van der Waals surface area contributed by atoms with Crippen LogP contribution in [0.3, 0.4) is 0 Å². The molecule has 0 aliphatic carbocycles. The molecule has 2 aliphatic heterocycles. The predicted octanol–water partition coefficient (Wildman–Crippen LogP) is -0.0497. The van der Waals surface area contributed by atoms with Gasteiger partial charge in [-0.25, -0.2) is 29.1 Å². The quantitative estimate of drug-likeness (QED) is 0.0788. The molecule has 250 valence electrons. The minimum atomic E-state index is -4.29. The monoisotopic (exact) mass is 722 g/mol. The second kappa shape index (κ2) is 12.7. The minimum absolute atomic E-state index is 0.00534. The molecule has 21 nitrogen and oxygen atoms in total. The minimum Gasteiger partial charge on any atom is -0.388 e. The van der Waals surface area contributed by atoms with Crippen LogP contribution in [0.2, 0.25) is 0 Å². The van der Waals surface area contributed by atoms with E-state index in [1.54, 1.807) is 0 Å². The second-order valence-electron chi connectivity index (χ2n) is 10.1. The molecule has 6 rings (SSSR count). The molecule has 0 spiro atoms. The molecule has 2 unspecified atom stereocenters. The SMILES string of the molecule is CSP(=O)(OC[C@@H]1C[C@@H](O)[C@H](n2cnc3c(=O)[nH]c(N)nc32)O1)O[C@H]1[C@@H](O)[C@H](n2cnc3c(N)ncnc32)O[C@@H]1COP(=O)(O)S. The number of hydrogen-bond donors (Lipinski definition) is 7. The lowest BCUT2D eigenvalue weighted by Crippen LogP contribution is -2.36. The van der Waals surface area contributed by atoms with Crippen LogP contribution in [0, 0.1) is 0 Å². The summed E-state index contributed by atoms with van der Waals surface area (Å²) in [4.78, 5) is 44.3. The Labute approximate surface area is 267 Å². The molecule has 4 aromatic rings. The van der Waals surface area contributed by atoms with E-state index in [0.717, 1.165) is 0 Å². The summed E-state index contributed by atoms with van der Waals surface area (Å²) in [5.41, 5.74) is 11.5. The predicted molar refractivity (Wildman–Crippen MR) is 163 cm³/mol. The molecule has 4 aromatic heterocycles. The van der Waals surface area contributed by atoms with Gasteiger partial charge in [0.15, 0.2) is 35.1 Å². The Bertz CT molecular complexity index is 1900. The molecular weight excluding hydrogens is 694 g/mol. The second-order valence-corrected chi connectivity index (χ2v) is 17.1. The van der Waals surface area contributed by atoms with Gasteiger partial charge in [0.25, 0.3) is 5.56 Å². The smallest absolute Gasteiger partial charge is 0.388 e. The van der Waals surface area contributed by atoms with Gasteiger partial charge in [-0.05, 0) is 17.6 Å². The molecule has 0 amide bonds. The van der Waals surface area contributed by atoms with Gasteiger partial charge < -0.3 is 36.0 Å². The van der Waals surface area contributed by atoms with Gasteiger partial charge in [-0.1, -0.05) is 12.2 Å². The maximum absolute atomic E-state index is 13.8. The third-order valence-corrected chi connectivity index (χ3v) is 11.3. The average Bonchev–Trinajstić information content (AvgIpc) is 3.76. The summed E-state index contributed by atoms with van der Waals surface area (Å²) in [5, 5.41) is 22.1. The van der Waals surface area contributed by atoms with E-state index in [2.05, 4.69) is 42.2 Å². The topological polar surface area (TPSA) is 300 Å². The fourth-order valence-electron chi connectivity index (χ4n) is 5.11.